The quantitative estimate of drug-likeness (QED) is 0.830. The summed E-state index contributed by atoms with van der Waals surface area (Å²) in [5.74, 6) is 2.86. The van der Waals surface area contributed by atoms with E-state index in [9.17, 15) is 0 Å². The largest absolute Gasteiger partial charge is 0.337 e. The van der Waals surface area contributed by atoms with Crippen LogP contribution in [0.4, 0.5) is 0 Å². The molecule has 3 rings (SSSR count). The first-order chi connectivity index (χ1) is 9.17. The van der Waals surface area contributed by atoms with Crippen molar-refractivity contribution in [2.24, 2.45) is 11.7 Å². The SMILES string of the molecule is CC1CCC(c2noc(C3(N)CCCCCC3)n2)C1. The second-order valence-electron chi connectivity index (χ2n) is 6.64. The van der Waals surface area contributed by atoms with Crippen LogP contribution in [0.2, 0.25) is 0 Å². The Balaban J connectivity index is 1.76. The summed E-state index contributed by atoms with van der Waals surface area (Å²) < 4.78 is 5.52. The molecular formula is C15H25N3O. The zero-order valence-electron chi connectivity index (χ0n) is 11.9. The summed E-state index contributed by atoms with van der Waals surface area (Å²) in [4.78, 5) is 4.66. The monoisotopic (exact) mass is 263 g/mol. The summed E-state index contributed by atoms with van der Waals surface area (Å²) in [6.07, 6.45) is 10.5. The second kappa shape index (κ2) is 5.23. The summed E-state index contributed by atoms with van der Waals surface area (Å²) >= 11 is 0. The lowest BCUT2D eigenvalue weighted by molar-refractivity contribution is 0.256. The van der Waals surface area contributed by atoms with Gasteiger partial charge in [-0.15, -0.1) is 0 Å². The fourth-order valence-corrected chi connectivity index (χ4v) is 3.62. The molecule has 106 valence electrons. The Morgan fingerprint density at radius 1 is 1.16 bits per heavy atom. The van der Waals surface area contributed by atoms with E-state index in [4.69, 9.17) is 10.3 Å². The minimum absolute atomic E-state index is 0.369. The molecule has 4 heteroatoms. The van der Waals surface area contributed by atoms with Gasteiger partial charge in [-0.2, -0.15) is 4.98 Å². The van der Waals surface area contributed by atoms with Crippen LogP contribution in [0.25, 0.3) is 0 Å². The molecule has 2 aliphatic carbocycles. The molecule has 2 unspecified atom stereocenters. The fraction of sp³-hybridized carbons (Fsp3) is 0.867. The molecule has 1 aromatic heterocycles. The average Bonchev–Trinajstić information content (AvgIpc) is 2.97. The highest BCUT2D eigenvalue weighted by Gasteiger charge is 2.35. The van der Waals surface area contributed by atoms with E-state index in [0.717, 1.165) is 24.6 Å². The molecule has 2 atom stereocenters. The van der Waals surface area contributed by atoms with Gasteiger partial charge in [0.25, 0.3) is 0 Å². The first-order valence-corrected chi connectivity index (χ1v) is 7.80. The number of nitrogens with two attached hydrogens (primary N) is 1. The lowest BCUT2D eigenvalue weighted by Gasteiger charge is -2.22. The molecule has 0 bridgehead atoms. The van der Waals surface area contributed by atoms with Crippen molar-refractivity contribution < 1.29 is 4.52 Å². The third-order valence-electron chi connectivity index (χ3n) is 4.92. The number of hydrogen-bond donors (Lipinski definition) is 1. The van der Waals surface area contributed by atoms with Crippen LogP contribution < -0.4 is 5.73 Å². The summed E-state index contributed by atoms with van der Waals surface area (Å²) in [6.45, 7) is 2.30. The Bertz CT molecular complexity index is 421. The van der Waals surface area contributed by atoms with Crippen LogP contribution in [0.15, 0.2) is 4.52 Å². The van der Waals surface area contributed by atoms with Crippen molar-refractivity contribution >= 4 is 0 Å². The molecule has 0 radical (unpaired) electrons. The molecule has 2 N–H and O–H groups in total. The van der Waals surface area contributed by atoms with Crippen LogP contribution in [0.1, 0.15) is 82.3 Å². The number of nitrogens with zero attached hydrogens (tertiary/aromatic N) is 2. The van der Waals surface area contributed by atoms with Gasteiger partial charge in [0.15, 0.2) is 5.82 Å². The topological polar surface area (TPSA) is 64.9 Å². The van der Waals surface area contributed by atoms with E-state index in [-0.39, 0.29) is 5.54 Å². The van der Waals surface area contributed by atoms with E-state index in [0.29, 0.717) is 11.8 Å². The normalized spacial score (nSPS) is 31.3. The highest BCUT2D eigenvalue weighted by atomic mass is 16.5. The zero-order valence-corrected chi connectivity index (χ0v) is 11.9. The van der Waals surface area contributed by atoms with E-state index in [1.54, 1.807) is 0 Å². The molecule has 2 saturated carbocycles. The molecule has 2 aliphatic rings. The number of hydrogen-bond acceptors (Lipinski definition) is 4. The molecule has 2 fully saturated rings. The van der Waals surface area contributed by atoms with Gasteiger partial charge >= 0.3 is 0 Å². The predicted octanol–water partition coefficient (Wildman–Crippen LogP) is 3.48. The minimum atomic E-state index is -0.369. The van der Waals surface area contributed by atoms with Crippen LogP contribution in [0.3, 0.4) is 0 Å². The molecule has 0 spiro atoms. The van der Waals surface area contributed by atoms with Gasteiger partial charge in [0.1, 0.15) is 0 Å². The molecule has 4 nitrogen and oxygen atoms in total. The average molecular weight is 263 g/mol. The lowest BCUT2D eigenvalue weighted by Crippen LogP contribution is -2.36. The second-order valence-corrected chi connectivity index (χ2v) is 6.64. The smallest absolute Gasteiger partial charge is 0.246 e. The fourth-order valence-electron chi connectivity index (χ4n) is 3.62. The maximum atomic E-state index is 6.52. The van der Waals surface area contributed by atoms with E-state index in [1.165, 1.54) is 44.9 Å². The van der Waals surface area contributed by atoms with Crippen LogP contribution in [-0.4, -0.2) is 10.1 Å². The van der Waals surface area contributed by atoms with Crippen molar-refractivity contribution in [2.75, 3.05) is 0 Å². The third-order valence-corrected chi connectivity index (χ3v) is 4.92. The van der Waals surface area contributed by atoms with Crippen LogP contribution in [0.5, 0.6) is 0 Å². The lowest BCUT2D eigenvalue weighted by atomic mass is 9.91. The Morgan fingerprint density at radius 2 is 1.89 bits per heavy atom. The van der Waals surface area contributed by atoms with Crippen molar-refractivity contribution in [1.82, 2.24) is 10.1 Å². The van der Waals surface area contributed by atoms with Gasteiger partial charge in [0.05, 0.1) is 5.54 Å². The van der Waals surface area contributed by atoms with Crippen molar-refractivity contribution in [3.63, 3.8) is 0 Å². The maximum Gasteiger partial charge on any atom is 0.246 e. The Morgan fingerprint density at radius 3 is 2.53 bits per heavy atom. The van der Waals surface area contributed by atoms with Gasteiger partial charge in [-0.3, -0.25) is 0 Å². The van der Waals surface area contributed by atoms with Gasteiger partial charge < -0.3 is 10.3 Å². The predicted molar refractivity (Wildman–Crippen MR) is 73.6 cm³/mol. The summed E-state index contributed by atoms with van der Waals surface area (Å²) in [6, 6.07) is 0. The molecule has 19 heavy (non-hydrogen) atoms. The van der Waals surface area contributed by atoms with Gasteiger partial charge in [0.2, 0.25) is 5.89 Å². The van der Waals surface area contributed by atoms with Crippen LogP contribution in [0, 0.1) is 5.92 Å². The van der Waals surface area contributed by atoms with E-state index >= 15 is 0 Å². The van der Waals surface area contributed by atoms with Gasteiger partial charge in [0, 0.05) is 5.92 Å². The molecule has 1 heterocycles. The summed E-state index contributed by atoms with van der Waals surface area (Å²) in [7, 11) is 0. The van der Waals surface area contributed by atoms with Crippen molar-refractivity contribution in [2.45, 2.75) is 76.2 Å². The molecular weight excluding hydrogens is 238 g/mol. The molecule has 1 aromatic rings. The Hall–Kier alpha value is -0.900. The van der Waals surface area contributed by atoms with E-state index < -0.39 is 0 Å². The van der Waals surface area contributed by atoms with Crippen LogP contribution >= 0.6 is 0 Å². The maximum absolute atomic E-state index is 6.52. The molecule has 0 aromatic carbocycles. The Kier molecular flexibility index (Phi) is 3.61. The van der Waals surface area contributed by atoms with E-state index in [1.807, 2.05) is 0 Å². The minimum Gasteiger partial charge on any atom is -0.337 e. The molecule has 0 amide bonds. The van der Waals surface area contributed by atoms with Gasteiger partial charge in [-0.25, -0.2) is 0 Å². The van der Waals surface area contributed by atoms with Crippen LogP contribution in [-0.2, 0) is 5.54 Å². The van der Waals surface area contributed by atoms with Gasteiger partial charge in [-0.05, 0) is 38.0 Å². The molecule has 0 aliphatic heterocycles. The highest BCUT2D eigenvalue weighted by molar-refractivity contribution is 5.06. The standard InChI is InChI=1S/C15H25N3O/c1-11-6-7-12(10-11)13-17-14(19-18-13)15(16)8-4-2-3-5-9-15/h11-12H,2-10,16H2,1H3. The Labute approximate surface area is 115 Å². The third kappa shape index (κ3) is 2.69. The van der Waals surface area contributed by atoms with Crippen molar-refractivity contribution in [3.05, 3.63) is 11.7 Å². The number of aromatic nitrogens is 2. The van der Waals surface area contributed by atoms with E-state index in [2.05, 4.69) is 17.1 Å². The summed E-state index contributed by atoms with van der Waals surface area (Å²) in [5, 5.41) is 4.22. The molecule has 0 saturated heterocycles. The van der Waals surface area contributed by atoms with Gasteiger partial charge in [-0.1, -0.05) is 37.8 Å². The first kappa shape index (κ1) is 13.1. The van der Waals surface area contributed by atoms with Crippen molar-refractivity contribution in [3.8, 4) is 0 Å². The highest BCUT2D eigenvalue weighted by Crippen LogP contribution is 2.38. The summed E-state index contributed by atoms with van der Waals surface area (Å²) in [5.41, 5.74) is 6.15. The number of rotatable bonds is 2. The van der Waals surface area contributed by atoms with Crippen molar-refractivity contribution in [1.29, 1.82) is 0 Å². The zero-order chi connectivity index (χ0) is 13.3. The first-order valence-electron chi connectivity index (χ1n) is 7.80.